The smallest absolute Gasteiger partial charge is 0.244 e. The first-order valence-electron chi connectivity index (χ1n) is 12.0. The topological polar surface area (TPSA) is 86.8 Å². The lowest BCUT2D eigenvalue weighted by molar-refractivity contribution is -0.139. The molecule has 0 fully saturated rings. The molecule has 9 heteroatoms. The Bertz CT molecular complexity index is 1310. The largest absolute Gasteiger partial charge is 0.357 e. The molecule has 0 bridgehead atoms. The van der Waals surface area contributed by atoms with Crippen LogP contribution in [0.4, 0.5) is 5.69 Å². The monoisotopic (exact) mass is 585 g/mol. The van der Waals surface area contributed by atoms with E-state index in [2.05, 4.69) is 21.2 Å². The van der Waals surface area contributed by atoms with Crippen LogP contribution < -0.4 is 9.62 Å². The van der Waals surface area contributed by atoms with Gasteiger partial charge >= 0.3 is 0 Å². The standard InChI is InChI=1S/C28H32BrN3O4S/c1-4-21-13-15-25(16-14-21)32(37(3,35)36)20-27(33)31(19-23-11-8-12-24(29)17-23)26(28(34)30-2)18-22-9-6-5-7-10-22/h5-17,26H,4,18-20H2,1-3H3,(H,30,34)/t26-/m1/s1. The molecular weight excluding hydrogens is 554 g/mol. The second-order valence-electron chi connectivity index (χ2n) is 8.76. The van der Waals surface area contributed by atoms with E-state index in [1.54, 1.807) is 12.1 Å². The third-order valence-electron chi connectivity index (χ3n) is 6.07. The molecule has 0 aliphatic rings. The van der Waals surface area contributed by atoms with Gasteiger partial charge in [-0.2, -0.15) is 0 Å². The van der Waals surface area contributed by atoms with Crippen LogP contribution in [0.3, 0.4) is 0 Å². The Balaban J connectivity index is 2.01. The van der Waals surface area contributed by atoms with Gasteiger partial charge in [-0.3, -0.25) is 13.9 Å². The summed E-state index contributed by atoms with van der Waals surface area (Å²) in [4.78, 5) is 28.4. The van der Waals surface area contributed by atoms with Gasteiger partial charge in [0.05, 0.1) is 11.9 Å². The number of carbonyl (C=O) groups excluding carboxylic acids is 2. The number of hydrogen-bond donors (Lipinski definition) is 1. The van der Waals surface area contributed by atoms with E-state index in [4.69, 9.17) is 0 Å². The zero-order valence-corrected chi connectivity index (χ0v) is 23.6. The number of aryl methyl sites for hydroxylation is 1. The third kappa shape index (κ3) is 7.90. The average molecular weight is 587 g/mol. The highest BCUT2D eigenvalue weighted by Gasteiger charge is 2.32. The molecule has 3 aromatic carbocycles. The summed E-state index contributed by atoms with van der Waals surface area (Å²) < 4.78 is 27.5. The van der Waals surface area contributed by atoms with Gasteiger partial charge in [0, 0.05) is 24.5 Å². The van der Waals surface area contributed by atoms with Crippen molar-refractivity contribution in [3.8, 4) is 0 Å². The van der Waals surface area contributed by atoms with Gasteiger partial charge < -0.3 is 10.2 Å². The van der Waals surface area contributed by atoms with Crippen LogP contribution in [0.1, 0.15) is 23.6 Å². The molecule has 7 nitrogen and oxygen atoms in total. The van der Waals surface area contributed by atoms with Crippen LogP contribution in [0.2, 0.25) is 0 Å². The fourth-order valence-corrected chi connectivity index (χ4v) is 5.36. The van der Waals surface area contributed by atoms with Crippen molar-refractivity contribution in [3.05, 3.63) is 100 Å². The third-order valence-corrected chi connectivity index (χ3v) is 7.71. The van der Waals surface area contributed by atoms with E-state index in [1.165, 1.54) is 11.9 Å². The molecule has 0 spiro atoms. The summed E-state index contributed by atoms with van der Waals surface area (Å²) in [7, 11) is -2.25. The van der Waals surface area contributed by atoms with E-state index in [0.29, 0.717) is 5.69 Å². The molecule has 37 heavy (non-hydrogen) atoms. The van der Waals surface area contributed by atoms with Crippen molar-refractivity contribution in [3.63, 3.8) is 0 Å². The molecule has 0 unspecified atom stereocenters. The molecule has 0 saturated heterocycles. The van der Waals surface area contributed by atoms with Crippen molar-refractivity contribution in [1.29, 1.82) is 0 Å². The van der Waals surface area contributed by atoms with Crippen LogP contribution in [0.25, 0.3) is 0 Å². The first-order chi connectivity index (χ1) is 17.6. The zero-order chi connectivity index (χ0) is 27.0. The fourth-order valence-electron chi connectivity index (χ4n) is 4.06. The summed E-state index contributed by atoms with van der Waals surface area (Å²) >= 11 is 3.46. The highest BCUT2D eigenvalue weighted by molar-refractivity contribution is 9.10. The zero-order valence-electron chi connectivity index (χ0n) is 21.2. The lowest BCUT2D eigenvalue weighted by atomic mass is 10.0. The molecule has 1 N–H and O–H groups in total. The minimum absolute atomic E-state index is 0.134. The molecule has 0 saturated carbocycles. The molecular formula is C28H32BrN3O4S. The Kier molecular flexibility index (Phi) is 9.88. The van der Waals surface area contributed by atoms with E-state index in [-0.39, 0.29) is 18.9 Å². The van der Waals surface area contributed by atoms with E-state index in [1.807, 2.05) is 73.7 Å². The maximum absolute atomic E-state index is 13.9. The Hall–Kier alpha value is -3.17. The number of likely N-dealkylation sites (N-methyl/N-ethyl adjacent to an activating group) is 1. The molecule has 3 aromatic rings. The predicted octanol–water partition coefficient (Wildman–Crippen LogP) is 4.16. The number of sulfonamides is 1. The van der Waals surface area contributed by atoms with Crippen LogP contribution in [0, 0.1) is 0 Å². The van der Waals surface area contributed by atoms with Gasteiger partial charge in [0.15, 0.2) is 0 Å². The number of halogens is 1. The second-order valence-corrected chi connectivity index (χ2v) is 11.6. The number of rotatable bonds is 11. The average Bonchev–Trinajstić information content (AvgIpc) is 2.88. The molecule has 0 radical (unpaired) electrons. The molecule has 0 aliphatic carbocycles. The second kappa shape index (κ2) is 12.9. The predicted molar refractivity (Wildman–Crippen MR) is 151 cm³/mol. The van der Waals surface area contributed by atoms with Crippen molar-refractivity contribution < 1.29 is 18.0 Å². The van der Waals surface area contributed by atoms with Crippen LogP contribution in [0.5, 0.6) is 0 Å². The van der Waals surface area contributed by atoms with E-state index < -0.39 is 28.5 Å². The summed E-state index contributed by atoms with van der Waals surface area (Å²) in [6.45, 7) is 1.72. The van der Waals surface area contributed by atoms with Gasteiger partial charge in [0.25, 0.3) is 0 Å². The summed E-state index contributed by atoms with van der Waals surface area (Å²) in [5, 5.41) is 2.67. The lowest BCUT2D eigenvalue weighted by Crippen LogP contribution is -2.52. The summed E-state index contributed by atoms with van der Waals surface area (Å²) in [6.07, 6.45) is 2.17. The van der Waals surface area contributed by atoms with Gasteiger partial charge in [-0.25, -0.2) is 8.42 Å². The Morgan fingerprint density at radius 2 is 1.57 bits per heavy atom. The first kappa shape index (κ1) is 28.4. The summed E-state index contributed by atoms with van der Waals surface area (Å²) in [6, 6.07) is 23.2. The highest BCUT2D eigenvalue weighted by atomic mass is 79.9. The van der Waals surface area contributed by atoms with Crippen LogP contribution >= 0.6 is 15.9 Å². The van der Waals surface area contributed by atoms with Gasteiger partial charge in [-0.15, -0.1) is 0 Å². The Labute approximate surface area is 227 Å². The van der Waals surface area contributed by atoms with E-state index in [9.17, 15) is 18.0 Å². The van der Waals surface area contributed by atoms with Crippen molar-refractivity contribution in [1.82, 2.24) is 10.2 Å². The first-order valence-corrected chi connectivity index (χ1v) is 14.6. The van der Waals surface area contributed by atoms with Crippen molar-refractivity contribution in [2.75, 3.05) is 24.2 Å². The van der Waals surface area contributed by atoms with Crippen LogP contribution in [-0.4, -0.2) is 51.0 Å². The molecule has 0 aliphatic heterocycles. The molecule has 0 heterocycles. The van der Waals surface area contributed by atoms with E-state index >= 15 is 0 Å². The molecule has 196 valence electrons. The van der Waals surface area contributed by atoms with Crippen molar-refractivity contribution in [2.45, 2.75) is 32.4 Å². The van der Waals surface area contributed by atoms with Gasteiger partial charge in [0.1, 0.15) is 12.6 Å². The molecule has 2 amide bonds. The Morgan fingerprint density at radius 1 is 0.919 bits per heavy atom. The van der Waals surface area contributed by atoms with Crippen molar-refractivity contribution in [2.24, 2.45) is 0 Å². The lowest BCUT2D eigenvalue weighted by Gasteiger charge is -2.33. The SMILES string of the molecule is CCc1ccc(N(CC(=O)N(Cc2cccc(Br)c2)[C@H](Cc2ccccc2)C(=O)NC)S(C)(=O)=O)cc1. The fraction of sp³-hybridized carbons (Fsp3) is 0.286. The maximum Gasteiger partial charge on any atom is 0.244 e. The van der Waals surface area contributed by atoms with Gasteiger partial charge in [-0.05, 0) is 47.4 Å². The number of anilines is 1. The van der Waals surface area contributed by atoms with Crippen LogP contribution in [-0.2, 0) is 39.0 Å². The minimum Gasteiger partial charge on any atom is -0.357 e. The number of amides is 2. The number of carbonyl (C=O) groups is 2. The highest BCUT2D eigenvalue weighted by Crippen LogP contribution is 2.22. The maximum atomic E-state index is 13.9. The molecule has 3 rings (SSSR count). The number of hydrogen-bond acceptors (Lipinski definition) is 4. The van der Waals surface area contributed by atoms with Gasteiger partial charge in [-0.1, -0.05) is 77.5 Å². The minimum atomic E-state index is -3.78. The number of nitrogens with zero attached hydrogens (tertiary/aromatic N) is 2. The Morgan fingerprint density at radius 3 is 2.14 bits per heavy atom. The van der Waals surface area contributed by atoms with Crippen LogP contribution in [0.15, 0.2) is 83.3 Å². The summed E-state index contributed by atoms with van der Waals surface area (Å²) in [5.41, 5.74) is 3.15. The van der Waals surface area contributed by atoms with E-state index in [0.717, 1.165) is 38.1 Å². The number of nitrogens with one attached hydrogen (secondary N) is 1. The quantitative estimate of drug-likeness (QED) is 0.366. The normalized spacial score (nSPS) is 12.0. The van der Waals surface area contributed by atoms with Gasteiger partial charge in [0.2, 0.25) is 21.8 Å². The van der Waals surface area contributed by atoms with Crippen molar-refractivity contribution >= 4 is 43.5 Å². The molecule has 1 atom stereocenters. The summed E-state index contributed by atoms with van der Waals surface area (Å²) in [5.74, 6) is -0.806. The molecule has 0 aromatic heterocycles. The number of benzene rings is 3.